The van der Waals surface area contributed by atoms with Gasteiger partial charge in [0.1, 0.15) is 23.1 Å². The maximum Gasteiger partial charge on any atom is 0.136 e. The SMILES string of the molecule is C.C=C(C)[C@@H]1CC[C@@H](C)C(=O)C1.CC(C)(O)[C@@H]1CC[C@]2(C)CCC(=O)C[C@]2(O)C1.CC1(C)O[C@@]23CC(=O)CC[C@@]2(C)CC[C@@H]1C3.C[C@@H]1CC[C@@H](C(C)(C)O)CC1=O. The van der Waals surface area contributed by atoms with E-state index >= 15 is 0 Å². The predicted molar refractivity (Wildman–Crippen MR) is 229 cm³/mol. The summed E-state index contributed by atoms with van der Waals surface area (Å²) >= 11 is 0. The average Bonchev–Trinajstić information content (AvgIpc) is 3.30. The van der Waals surface area contributed by atoms with Gasteiger partial charge in [-0.05, 0) is 160 Å². The first-order valence-electron chi connectivity index (χ1n) is 22.2. The van der Waals surface area contributed by atoms with E-state index in [0.29, 0.717) is 60.8 Å². The zero-order chi connectivity index (χ0) is 42.3. The molecule has 0 unspecified atom stereocenters. The lowest BCUT2D eigenvalue weighted by molar-refractivity contribution is -0.175. The van der Waals surface area contributed by atoms with Gasteiger partial charge in [0.25, 0.3) is 0 Å². The fourth-order valence-corrected chi connectivity index (χ4v) is 11.2. The zero-order valence-electron chi connectivity index (χ0n) is 37.3. The van der Waals surface area contributed by atoms with Gasteiger partial charge in [-0.15, -0.1) is 0 Å². The molecular weight excluding hydrogens is 717 g/mol. The van der Waals surface area contributed by atoms with Crippen molar-refractivity contribution >= 4 is 23.1 Å². The smallest absolute Gasteiger partial charge is 0.136 e. The van der Waals surface area contributed by atoms with E-state index in [1.807, 2.05) is 20.8 Å². The summed E-state index contributed by atoms with van der Waals surface area (Å²) < 4.78 is 6.42. The quantitative estimate of drug-likeness (QED) is 0.240. The van der Waals surface area contributed by atoms with Gasteiger partial charge in [0.05, 0.1) is 28.0 Å². The van der Waals surface area contributed by atoms with E-state index in [-0.39, 0.29) is 59.4 Å². The van der Waals surface area contributed by atoms with Crippen LogP contribution in [0, 0.1) is 46.3 Å². The number of carbonyl (C=O) groups is 4. The number of Topliss-reactive ketones (excluding diaryl/α,β-unsaturated/α-hetero) is 4. The lowest BCUT2D eigenvalue weighted by Gasteiger charge is -2.55. The third-order valence-electron chi connectivity index (χ3n) is 16.4. The van der Waals surface area contributed by atoms with Gasteiger partial charge in [-0.3, -0.25) is 19.2 Å². The fraction of sp³-hybridized carbons (Fsp3) is 0.878. The molecule has 0 radical (unpaired) electrons. The average molecular weight is 801 g/mol. The Morgan fingerprint density at radius 1 is 0.684 bits per heavy atom. The largest absolute Gasteiger partial charge is 0.390 e. The highest BCUT2D eigenvalue weighted by molar-refractivity contribution is 5.82. The van der Waals surface area contributed by atoms with E-state index in [9.17, 15) is 34.5 Å². The molecule has 7 aliphatic rings. The Labute approximate surface area is 347 Å². The highest BCUT2D eigenvalue weighted by Gasteiger charge is 2.64. The molecule has 6 aliphatic carbocycles. The van der Waals surface area contributed by atoms with Crippen molar-refractivity contribution in [3.05, 3.63) is 12.2 Å². The first kappa shape index (κ1) is 49.6. The number of ether oxygens (including phenoxy) is 1. The molecule has 1 spiro atoms. The van der Waals surface area contributed by atoms with Crippen LogP contribution in [0.15, 0.2) is 12.2 Å². The van der Waals surface area contributed by atoms with E-state index in [4.69, 9.17) is 4.74 Å². The Morgan fingerprint density at radius 3 is 1.72 bits per heavy atom. The molecule has 7 rings (SSSR count). The Kier molecular flexibility index (Phi) is 15.7. The van der Waals surface area contributed by atoms with Crippen LogP contribution in [-0.2, 0) is 23.9 Å². The summed E-state index contributed by atoms with van der Waals surface area (Å²) in [6.07, 6.45) is 15.6. The van der Waals surface area contributed by atoms with E-state index in [0.717, 1.165) is 70.6 Å². The number of hydrogen-bond acceptors (Lipinski definition) is 8. The van der Waals surface area contributed by atoms with Gasteiger partial charge in [-0.2, -0.15) is 0 Å². The second-order valence-electron chi connectivity index (χ2n) is 22.0. The molecule has 8 heteroatoms. The van der Waals surface area contributed by atoms with E-state index in [2.05, 4.69) is 34.3 Å². The molecule has 0 aromatic rings. The summed E-state index contributed by atoms with van der Waals surface area (Å²) in [6.45, 7) is 25.9. The molecule has 328 valence electrons. The van der Waals surface area contributed by atoms with Gasteiger partial charge < -0.3 is 20.1 Å². The molecule has 0 aromatic carbocycles. The second kappa shape index (κ2) is 18.1. The van der Waals surface area contributed by atoms with Crippen LogP contribution in [0.3, 0.4) is 0 Å². The highest BCUT2D eigenvalue weighted by atomic mass is 16.5. The number of fused-ring (bicyclic) bond motifs is 2. The maximum absolute atomic E-state index is 11.8. The molecule has 0 aromatic heterocycles. The second-order valence-corrected chi connectivity index (χ2v) is 22.0. The molecular formula is C49H84O8. The number of ketones is 4. The number of carbonyl (C=O) groups excluding carboxylic acids is 4. The highest BCUT2D eigenvalue weighted by Crippen LogP contribution is 2.63. The molecule has 0 amide bonds. The van der Waals surface area contributed by atoms with Crippen LogP contribution < -0.4 is 0 Å². The topological polar surface area (TPSA) is 138 Å². The lowest BCUT2D eigenvalue weighted by atomic mass is 9.53. The van der Waals surface area contributed by atoms with Crippen molar-refractivity contribution in [2.45, 2.75) is 227 Å². The predicted octanol–water partition coefficient (Wildman–Crippen LogP) is 10.1. The van der Waals surface area contributed by atoms with Gasteiger partial charge in [-0.25, -0.2) is 0 Å². The summed E-state index contributed by atoms with van der Waals surface area (Å²) in [7, 11) is 0. The van der Waals surface area contributed by atoms with E-state index in [1.54, 1.807) is 27.7 Å². The minimum absolute atomic E-state index is 0. The van der Waals surface area contributed by atoms with Crippen molar-refractivity contribution in [1.29, 1.82) is 0 Å². The van der Waals surface area contributed by atoms with Crippen LogP contribution in [0.5, 0.6) is 0 Å². The molecule has 1 saturated heterocycles. The molecule has 6 saturated carbocycles. The standard InChI is InChI=1S/C14H24O3.C14H22O2.C10H18O2.C10H16O.CH4/c1-12(2,16)10-4-6-13(3)7-5-11(15)9-14(13,17)8-10;1-12(2)10-4-6-13(3)7-5-11(15)9-14(13,8-10)16-12;1-7-4-5-8(6-9(7)11)10(2,3)12;1-7(2)9-5-4-8(3)10(11)6-9;/h10,16-17H,4-9H2,1-3H3;10H,4-9H2,1-3H3;7-8,12H,4-6H2,1-3H3;8-9H,1,4-6H2,2-3H3;1H4/t10-,13-,14-;10-,13-,14+;7-,8-;8-,9-;/m1111./s1. The normalized spacial score (nSPS) is 40.0. The van der Waals surface area contributed by atoms with Gasteiger partial charge in [0.2, 0.25) is 0 Å². The van der Waals surface area contributed by atoms with Crippen molar-refractivity contribution < 1.29 is 39.2 Å². The molecule has 7 fully saturated rings. The summed E-state index contributed by atoms with van der Waals surface area (Å²) in [4.78, 5) is 46.0. The number of aliphatic hydroxyl groups is 3. The van der Waals surface area contributed by atoms with Crippen LogP contribution in [0.2, 0.25) is 0 Å². The van der Waals surface area contributed by atoms with E-state index in [1.165, 1.54) is 18.4 Å². The maximum atomic E-state index is 11.8. The fourth-order valence-electron chi connectivity index (χ4n) is 11.2. The summed E-state index contributed by atoms with van der Waals surface area (Å²) in [5, 5.41) is 30.6. The van der Waals surface area contributed by atoms with Crippen LogP contribution in [-0.4, -0.2) is 66.5 Å². The molecule has 1 aliphatic heterocycles. The third kappa shape index (κ3) is 11.4. The molecule has 8 nitrogen and oxygen atoms in total. The van der Waals surface area contributed by atoms with Gasteiger partial charge >= 0.3 is 0 Å². The summed E-state index contributed by atoms with van der Waals surface area (Å²) in [5.41, 5.74) is -1.19. The molecule has 1 heterocycles. The van der Waals surface area contributed by atoms with Crippen molar-refractivity contribution in [1.82, 2.24) is 0 Å². The lowest BCUT2D eigenvalue weighted by Crippen LogP contribution is -2.57. The van der Waals surface area contributed by atoms with Crippen molar-refractivity contribution in [2.24, 2.45) is 46.3 Å². The summed E-state index contributed by atoms with van der Waals surface area (Å²) in [5.74, 6) is 3.21. The molecule has 10 atom stereocenters. The van der Waals surface area contributed by atoms with Crippen molar-refractivity contribution in [3.8, 4) is 0 Å². The summed E-state index contributed by atoms with van der Waals surface area (Å²) in [6, 6.07) is 0. The van der Waals surface area contributed by atoms with E-state index < -0.39 is 16.8 Å². The van der Waals surface area contributed by atoms with Crippen LogP contribution in [0.4, 0.5) is 0 Å². The Hall–Kier alpha value is -1.74. The number of hydrogen-bond donors (Lipinski definition) is 3. The van der Waals surface area contributed by atoms with Gasteiger partial charge in [0, 0.05) is 50.4 Å². The minimum Gasteiger partial charge on any atom is -0.390 e. The molecule has 57 heavy (non-hydrogen) atoms. The van der Waals surface area contributed by atoms with Crippen LogP contribution >= 0.6 is 0 Å². The van der Waals surface area contributed by atoms with Crippen LogP contribution in [0.1, 0.15) is 199 Å². The third-order valence-corrected chi connectivity index (χ3v) is 16.4. The van der Waals surface area contributed by atoms with Gasteiger partial charge in [-0.1, -0.05) is 47.3 Å². The minimum atomic E-state index is -0.898. The van der Waals surface area contributed by atoms with Crippen LogP contribution in [0.25, 0.3) is 0 Å². The van der Waals surface area contributed by atoms with Crippen molar-refractivity contribution in [3.63, 3.8) is 0 Å². The Balaban J connectivity index is 0.000000206. The number of rotatable bonds is 3. The van der Waals surface area contributed by atoms with Gasteiger partial charge in [0.15, 0.2) is 0 Å². The Bertz CT molecular complexity index is 1470. The molecule has 2 bridgehead atoms. The number of allylic oxidation sites excluding steroid dienone is 1. The first-order valence-corrected chi connectivity index (χ1v) is 22.2. The Morgan fingerprint density at radius 2 is 1.19 bits per heavy atom. The first-order chi connectivity index (χ1) is 25.6. The van der Waals surface area contributed by atoms with Crippen molar-refractivity contribution in [2.75, 3.05) is 0 Å². The molecule has 3 N–H and O–H groups in total. The zero-order valence-corrected chi connectivity index (χ0v) is 37.3. The monoisotopic (exact) mass is 801 g/mol.